The molecule has 4 heteroatoms. The Balaban J connectivity index is 2.27. The van der Waals surface area contributed by atoms with E-state index >= 15 is 0 Å². The van der Waals surface area contributed by atoms with E-state index in [1.54, 1.807) is 0 Å². The molecule has 0 unspecified atom stereocenters. The Morgan fingerprint density at radius 1 is 1.35 bits per heavy atom. The van der Waals surface area contributed by atoms with Crippen molar-refractivity contribution in [3.8, 4) is 0 Å². The van der Waals surface area contributed by atoms with Gasteiger partial charge in [-0.15, -0.1) is 0 Å². The molecule has 1 aromatic rings. The van der Waals surface area contributed by atoms with E-state index in [1.807, 2.05) is 0 Å². The molecule has 0 atom stereocenters. The van der Waals surface area contributed by atoms with Crippen molar-refractivity contribution in [2.24, 2.45) is 0 Å². The SMILES string of the molecule is COC(=O)CCCN(C)Cc1ccc(I)cc1. The molecule has 0 fully saturated rings. The Labute approximate surface area is 116 Å². The Morgan fingerprint density at radius 3 is 2.59 bits per heavy atom. The maximum Gasteiger partial charge on any atom is 0.305 e. The van der Waals surface area contributed by atoms with Gasteiger partial charge in [0, 0.05) is 16.5 Å². The summed E-state index contributed by atoms with van der Waals surface area (Å²) in [5, 5.41) is 0. The number of ether oxygens (including phenoxy) is 1. The highest BCUT2D eigenvalue weighted by Gasteiger charge is 2.03. The number of methoxy groups -OCH3 is 1. The molecular weight excluding hydrogens is 329 g/mol. The van der Waals surface area contributed by atoms with Crippen LogP contribution < -0.4 is 0 Å². The molecule has 94 valence electrons. The van der Waals surface area contributed by atoms with E-state index in [0.717, 1.165) is 19.5 Å². The number of carbonyl (C=O) groups excluding carboxylic acids is 1. The van der Waals surface area contributed by atoms with Gasteiger partial charge in [-0.05, 0) is 60.3 Å². The minimum absolute atomic E-state index is 0.132. The normalized spacial score (nSPS) is 10.6. The molecule has 0 aliphatic heterocycles. The standard InChI is InChI=1S/C13H18INO2/c1-15(9-3-4-13(16)17-2)10-11-5-7-12(14)8-6-11/h5-8H,3-4,9-10H2,1-2H3. The van der Waals surface area contributed by atoms with Crippen molar-refractivity contribution in [3.63, 3.8) is 0 Å². The van der Waals surface area contributed by atoms with E-state index in [2.05, 4.69) is 63.5 Å². The van der Waals surface area contributed by atoms with Crippen molar-refractivity contribution < 1.29 is 9.53 Å². The van der Waals surface area contributed by atoms with Gasteiger partial charge >= 0.3 is 5.97 Å². The zero-order valence-electron chi connectivity index (χ0n) is 10.3. The summed E-state index contributed by atoms with van der Waals surface area (Å²) in [5.41, 5.74) is 1.30. The highest BCUT2D eigenvalue weighted by molar-refractivity contribution is 14.1. The van der Waals surface area contributed by atoms with Gasteiger partial charge in [0.15, 0.2) is 0 Å². The van der Waals surface area contributed by atoms with E-state index in [9.17, 15) is 4.79 Å². The smallest absolute Gasteiger partial charge is 0.305 e. The maximum atomic E-state index is 10.9. The second-order valence-electron chi connectivity index (χ2n) is 4.04. The first kappa shape index (κ1) is 14.4. The molecule has 17 heavy (non-hydrogen) atoms. The van der Waals surface area contributed by atoms with Crippen LogP contribution in [0.25, 0.3) is 0 Å². The van der Waals surface area contributed by atoms with Crippen LogP contribution in [0.4, 0.5) is 0 Å². The average Bonchev–Trinajstić information content (AvgIpc) is 2.32. The van der Waals surface area contributed by atoms with Gasteiger partial charge in [-0.25, -0.2) is 0 Å². The van der Waals surface area contributed by atoms with Gasteiger partial charge in [-0.1, -0.05) is 12.1 Å². The maximum absolute atomic E-state index is 10.9. The van der Waals surface area contributed by atoms with E-state index in [0.29, 0.717) is 6.42 Å². The van der Waals surface area contributed by atoms with Crippen molar-refractivity contribution in [1.29, 1.82) is 0 Å². The van der Waals surface area contributed by atoms with Gasteiger partial charge in [-0.3, -0.25) is 4.79 Å². The number of halogens is 1. The molecule has 0 aromatic heterocycles. The summed E-state index contributed by atoms with van der Waals surface area (Å²) in [5.74, 6) is -0.132. The summed E-state index contributed by atoms with van der Waals surface area (Å²) in [6.45, 7) is 1.82. The second kappa shape index (κ2) is 7.66. The Morgan fingerprint density at radius 2 is 2.00 bits per heavy atom. The van der Waals surface area contributed by atoms with Gasteiger partial charge in [0.25, 0.3) is 0 Å². The third kappa shape index (κ3) is 6.02. The molecule has 0 amide bonds. The number of carbonyl (C=O) groups is 1. The fraction of sp³-hybridized carbons (Fsp3) is 0.462. The van der Waals surface area contributed by atoms with Crippen LogP contribution in [0.3, 0.4) is 0 Å². The number of rotatable bonds is 6. The van der Waals surface area contributed by atoms with Gasteiger partial charge in [0.2, 0.25) is 0 Å². The van der Waals surface area contributed by atoms with E-state index in [-0.39, 0.29) is 5.97 Å². The van der Waals surface area contributed by atoms with Crippen LogP contribution in [0.5, 0.6) is 0 Å². The van der Waals surface area contributed by atoms with Gasteiger partial charge in [-0.2, -0.15) is 0 Å². The first-order chi connectivity index (χ1) is 8.11. The molecule has 0 heterocycles. The third-order valence-corrected chi connectivity index (χ3v) is 3.23. The summed E-state index contributed by atoms with van der Waals surface area (Å²) in [7, 11) is 3.49. The van der Waals surface area contributed by atoms with Crippen molar-refractivity contribution in [3.05, 3.63) is 33.4 Å². The number of hydrogen-bond acceptors (Lipinski definition) is 3. The second-order valence-corrected chi connectivity index (χ2v) is 5.29. The van der Waals surface area contributed by atoms with E-state index in [4.69, 9.17) is 0 Å². The van der Waals surface area contributed by atoms with Crippen LogP contribution in [0.2, 0.25) is 0 Å². The van der Waals surface area contributed by atoms with Gasteiger partial charge in [0.05, 0.1) is 7.11 Å². The number of esters is 1. The molecule has 0 saturated heterocycles. The van der Waals surface area contributed by atoms with Crippen molar-refractivity contribution in [2.75, 3.05) is 20.7 Å². The average molecular weight is 347 g/mol. The Kier molecular flexibility index (Phi) is 6.50. The molecule has 3 nitrogen and oxygen atoms in total. The predicted molar refractivity (Wildman–Crippen MR) is 76.7 cm³/mol. The van der Waals surface area contributed by atoms with E-state index in [1.165, 1.54) is 16.2 Å². The largest absolute Gasteiger partial charge is 0.469 e. The fourth-order valence-electron chi connectivity index (χ4n) is 1.58. The molecule has 0 aliphatic carbocycles. The number of hydrogen-bond donors (Lipinski definition) is 0. The number of benzene rings is 1. The summed E-state index contributed by atoms with van der Waals surface area (Å²) >= 11 is 2.30. The molecule has 0 N–H and O–H groups in total. The van der Waals surface area contributed by atoms with Crippen LogP contribution in [-0.2, 0) is 16.1 Å². The zero-order chi connectivity index (χ0) is 12.7. The summed E-state index contributed by atoms with van der Waals surface area (Å²) < 4.78 is 5.85. The highest BCUT2D eigenvalue weighted by Crippen LogP contribution is 2.09. The van der Waals surface area contributed by atoms with Crippen LogP contribution in [0, 0.1) is 3.57 Å². The molecule has 1 rings (SSSR count). The monoisotopic (exact) mass is 347 g/mol. The van der Waals surface area contributed by atoms with Crippen molar-refractivity contribution in [1.82, 2.24) is 4.90 Å². The Bertz CT molecular complexity index is 351. The van der Waals surface area contributed by atoms with Gasteiger partial charge in [0.1, 0.15) is 0 Å². The lowest BCUT2D eigenvalue weighted by molar-refractivity contribution is -0.140. The summed E-state index contributed by atoms with van der Waals surface area (Å²) in [6.07, 6.45) is 1.33. The Hall–Kier alpha value is -0.620. The van der Waals surface area contributed by atoms with Crippen LogP contribution >= 0.6 is 22.6 Å². The van der Waals surface area contributed by atoms with E-state index < -0.39 is 0 Å². The molecule has 0 spiro atoms. The minimum Gasteiger partial charge on any atom is -0.469 e. The molecule has 1 aromatic carbocycles. The topological polar surface area (TPSA) is 29.5 Å². The fourth-order valence-corrected chi connectivity index (χ4v) is 1.94. The lowest BCUT2D eigenvalue weighted by Gasteiger charge is -2.16. The molecule has 0 radical (unpaired) electrons. The lowest BCUT2D eigenvalue weighted by atomic mass is 10.2. The van der Waals surface area contributed by atoms with Crippen molar-refractivity contribution >= 4 is 28.6 Å². The minimum atomic E-state index is -0.132. The van der Waals surface area contributed by atoms with Gasteiger partial charge < -0.3 is 9.64 Å². The molecule has 0 aliphatic rings. The predicted octanol–water partition coefficient (Wildman–Crippen LogP) is 2.68. The van der Waals surface area contributed by atoms with Crippen LogP contribution in [0.15, 0.2) is 24.3 Å². The first-order valence-corrected chi connectivity index (χ1v) is 6.69. The molecule has 0 saturated carbocycles. The molecular formula is C13H18INO2. The van der Waals surface area contributed by atoms with Crippen LogP contribution in [-0.4, -0.2) is 31.6 Å². The van der Waals surface area contributed by atoms with Crippen LogP contribution in [0.1, 0.15) is 18.4 Å². The lowest BCUT2D eigenvalue weighted by Crippen LogP contribution is -2.20. The molecule has 0 bridgehead atoms. The highest BCUT2D eigenvalue weighted by atomic mass is 127. The summed E-state index contributed by atoms with van der Waals surface area (Å²) in [6, 6.07) is 8.49. The first-order valence-electron chi connectivity index (χ1n) is 5.61. The number of nitrogens with zero attached hydrogens (tertiary/aromatic N) is 1. The van der Waals surface area contributed by atoms with Crippen molar-refractivity contribution in [2.45, 2.75) is 19.4 Å². The third-order valence-electron chi connectivity index (χ3n) is 2.51. The summed E-state index contributed by atoms with van der Waals surface area (Å²) in [4.78, 5) is 13.2. The zero-order valence-corrected chi connectivity index (χ0v) is 12.4. The quantitative estimate of drug-likeness (QED) is 0.585.